The molecule has 0 fully saturated rings. The van der Waals surface area contributed by atoms with E-state index in [9.17, 15) is 4.79 Å². The third-order valence-electron chi connectivity index (χ3n) is 1.83. The molecule has 0 spiro atoms. The molecule has 0 bridgehead atoms. The van der Waals surface area contributed by atoms with Gasteiger partial charge < -0.3 is 0 Å². The molecule has 1 aliphatic carbocycles. The lowest BCUT2D eigenvalue weighted by molar-refractivity contribution is -0.117. The van der Waals surface area contributed by atoms with Crippen LogP contribution in [-0.4, -0.2) is 5.91 Å². The molecule has 15 heavy (non-hydrogen) atoms. The highest BCUT2D eigenvalue weighted by atomic mass is 16.2. The fourth-order valence-electron chi connectivity index (χ4n) is 1.09. The Morgan fingerprint density at radius 2 is 1.80 bits per heavy atom. The third kappa shape index (κ3) is 4.24. The molecule has 0 aromatic carbocycles. The molecule has 3 nitrogen and oxygen atoms in total. The van der Waals surface area contributed by atoms with E-state index in [1.54, 1.807) is 12.2 Å². The molecule has 3 N–H and O–H groups in total. The van der Waals surface area contributed by atoms with Crippen LogP contribution in [0.5, 0.6) is 0 Å². The lowest BCUT2D eigenvalue weighted by Gasteiger charge is -1.98. The maximum absolute atomic E-state index is 11.3. The Morgan fingerprint density at radius 3 is 2.53 bits per heavy atom. The predicted molar refractivity (Wildman–Crippen MR) is 61.6 cm³/mol. The van der Waals surface area contributed by atoms with Crippen molar-refractivity contribution in [2.24, 2.45) is 5.84 Å². The molecular formula is C12H14N2O. The first-order valence-corrected chi connectivity index (χ1v) is 4.72. The largest absolute Gasteiger partial charge is 0.290 e. The molecule has 1 amide bonds. The number of carbonyl (C=O) groups excluding carboxylic acids is 1. The highest BCUT2D eigenvalue weighted by Gasteiger charge is 2.01. The summed E-state index contributed by atoms with van der Waals surface area (Å²) in [6.07, 6.45) is 17.6. The number of hydrogen-bond donors (Lipinski definition) is 2. The summed E-state index contributed by atoms with van der Waals surface area (Å²) in [5, 5.41) is 0. The second-order valence-electron chi connectivity index (χ2n) is 2.93. The van der Waals surface area contributed by atoms with Gasteiger partial charge in [0.1, 0.15) is 0 Å². The monoisotopic (exact) mass is 202 g/mol. The zero-order chi connectivity index (χ0) is 10.9. The van der Waals surface area contributed by atoms with E-state index in [2.05, 4.69) is 5.43 Å². The van der Waals surface area contributed by atoms with Gasteiger partial charge in [-0.15, -0.1) is 0 Å². The lowest BCUT2D eigenvalue weighted by atomic mass is 10.2. The van der Waals surface area contributed by atoms with Gasteiger partial charge in [-0.25, -0.2) is 5.84 Å². The van der Waals surface area contributed by atoms with E-state index in [0.717, 1.165) is 0 Å². The minimum Gasteiger partial charge on any atom is -0.290 e. The van der Waals surface area contributed by atoms with Crippen LogP contribution in [0.4, 0.5) is 0 Å². The molecule has 0 unspecified atom stereocenters. The van der Waals surface area contributed by atoms with Crippen LogP contribution in [0.3, 0.4) is 0 Å². The molecule has 0 saturated heterocycles. The number of nitrogens with two attached hydrogens (primary N) is 1. The zero-order valence-electron chi connectivity index (χ0n) is 8.39. The molecule has 3 heteroatoms. The van der Waals surface area contributed by atoms with Gasteiger partial charge in [-0.1, -0.05) is 48.6 Å². The van der Waals surface area contributed by atoms with Crippen molar-refractivity contribution in [1.29, 1.82) is 0 Å². The van der Waals surface area contributed by atoms with Crippen LogP contribution in [0.2, 0.25) is 0 Å². The van der Waals surface area contributed by atoms with Crippen LogP contribution >= 0.6 is 0 Å². The molecular weight excluding hydrogens is 188 g/mol. The molecule has 0 aromatic heterocycles. The minimum absolute atomic E-state index is 0.278. The summed E-state index contributed by atoms with van der Waals surface area (Å²) in [7, 11) is 0. The summed E-state index contributed by atoms with van der Waals surface area (Å²) in [4.78, 5) is 11.3. The van der Waals surface area contributed by atoms with Gasteiger partial charge in [0, 0.05) is 5.57 Å². The SMILES string of the molecule is NNC(=O)C1=C/C\C=C/C=C\C=C/C=C\1. The highest BCUT2D eigenvalue weighted by molar-refractivity contribution is 5.95. The van der Waals surface area contributed by atoms with E-state index in [0.29, 0.717) is 12.0 Å². The molecule has 0 heterocycles. The van der Waals surface area contributed by atoms with Crippen molar-refractivity contribution < 1.29 is 4.79 Å². The Balaban J connectivity index is 2.85. The quantitative estimate of drug-likeness (QED) is 0.385. The van der Waals surface area contributed by atoms with Gasteiger partial charge in [0.25, 0.3) is 5.91 Å². The van der Waals surface area contributed by atoms with Gasteiger partial charge in [0.15, 0.2) is 0 Å². The summed E-state index contributed by atoms with van der Waals surface area (Å²) < 4.78 is 0. The minimum atomic E-state index is -0.278. The maximum atomic E-state index is 11.3. The van der Waals surface area contributed by atoms with Crippen molar-refractivity contribution in [3.8, 4) is 0 Å². The van der Waals surface area contributed by atoms with Gasteiger partial charge in [-0.2, -0.15) is 0 Å². The van der Waals surface area contributed by atoms with E-state index in [1.807, 2.05) is 42.5 Å². The van der Waals surface area contributed by atoms with Gasteiger partial charge >= 0.3 is 0 Å². The van der Waals surface area contributed by atoms with Crippen molar-refractivity contribution in [2.45, 2.75) is 6.42 Å². The lowest BCUT2D eigenvalue weighted by Crippen LogP contribution is -2.30. The average molecular weight is 202 g/mol. The number of hydrogen-bond acceptors (Lipinski definition) is 2. The second kappa shape index (κ2) is 6.56. The smallest absolute Gasteiger partial charge is 0.264 e. The van der Waals surface area contributed by atoms with Gasteiger partial charge in [-0.05, 0) is 12.5 Å². The van der Waals surface area contributed by atoms with Crippen molar-refractivity contribution in [2.75, 3.05) is 0 Å². The first kappa shape index (κ1) is 11.2. The Hall–Kier alpha value is -1.87. The number of carbonyl (C=O) groups is 1. The van der Waals surface area contributed by atoms with Crippen molar-refractivity contribution >= 4 is 5.91 Å². The summed E-state index contributed by atoms with van der Waals surface area (Å²) in [5.41, 5.74) is 2.68. The van der Waals surface area contributed by atoms with Crippen LogP contribution in [0, 0.1) is 0 Å². The standard InChI is InChI=1S/C12H14N2O/c13-14-12(15)11-9-7-5-3-1-2-4-6-8-10-11/h1-7,9-10H,8,13H2,(H,14,15)/b2-1-,5-3-,6-4-,9-7-,11-10+. The Bertz CT molecular complexity index is 360. The topological polar surface area (TPSA) is 55.1 Å². The molecule has 78 valence electrons. The first-order valence-electron chi connectivity index (χ1n) is 4.72. The van der Waals surface area contributed by atoms with E-state index in [4.69, 9.17) is 5.84 Å². The molecule has 0 atom stereocenters. The number of hydrazine groups is 1. The number of nitrogens with one attached hydrogen (secondary N) is 1. The highest BCUT2D eigenvalue weighted by Crippen LogP contribution is 2.01. The summed E-state index contributed by atoms with van der Waals surface area (Å²) in [5.74, 6) is 4.79. The third-order valence-corrected chi connectivity index (χ3v) is 1.83. The normalized spacial score (nSPS) is 27.7. The fraction of sp³-hybridized carbons (Fsp3) is 0.0833. The Kier molecular flexibility index (Phi) is 4.90. The molecule has 0 aliphatic heterocycles. The molecule has 0 radical (unpaired) electrons. The Morgan fingerprint density at radius 1 is 1.13 bits per heavy atom. The van der Waals surface area contributed by atoms with E-state index < -0.39 is 0 Å². The Labute approximate surface area is 89.3 Å². The van der Waals surface area contributed by atoms with Gasteiger partial charge in [0.05, 0.1) is 0 Å². The van der Waals surface area contributed by atoms with Gasteiger partial charge in [0.2, 0.25) is 0 Å². The summed E-state index contributed by atoms with van der Waals surface area (Å²) in [6.45, 7) is 0. The fourth-order valence-corrected chi connectivity index (χ4v) is 1.09. The van der Waals surface area contributed by atoms with Crippen LogP contribution < -0.4 is 11.3 Å². The zero-order valence-corrected chi connectivity index (χ0v) is 8.39. The van der Waals surface area contributed by atoms with E-state index in [-0.39, 0.29) is 5.91 Å². The molecule has 1 rings (SSSR count). The number of rotatable bonds is 1. The van der Waals surface area contributed by atoms with Crippen LogP contribution in [0.1, 0.15) is 6.42 Å². The summed E-state index contributed by atoms with van der Waals surface area (Å²) >= 11 is 0. The molecule has 0 saturated carbocycles. The maximum Gasteiger partial charge on any atom is 0.264 e. The average Bonchev–Trinajstić information content (AvgIpc) is 2.32. The molecule has 1 aliphatic rings. The van der Waals surface area contributed by atoms with Crippen LogP contribution in [0.15, 0.2) is 60.3 Å². The van der Waals surface area contributed by atoms with Crippen LogP contribution in [-0.2, 0) is 4.79 Å². The first-order chi connectivity index (χ1) is 7.34. The van der Waals surface area contributed by atoms with Gasteiger partial charge in [-0.3, -0.25) is 10.2 Å². The summed E-state index contributed by atoms with van der Waals surface area (Å²) in [6, 6.07) is 0. The van der Waals surface area contributed by atoms with Crippen molar-refractivity contribution in [3.63, 3.8) is 0 Å². The van der Waals surface area contributed by atoms with Crippen molar-refractivity contribution in [1.82, 2.24) is 5.43 Å². The van der Waals surface area contributed by atoms with Crippen molar-refractivity contribution in [3.05, 3.63) is 60.3 Å². The molecule has 0 aromatic rings. The number of amides is 1. The second-order valence-corrected chi connectivity index (χ2v) is 2.93. The number of allylic oxidation sites excluding steroid dienone is 8. The van der Waals surface area contributed by atoms with Crippen LogP contribution in [0.25, 0.3) is 0 Å². The predicted octanol–water partition coefficient (Wildman–Crippen LogP) is 1.53. The van der Waals surface area contributed by atoms with E-state index >= 15 is 0 Å². The van der Waals surface area contributed by atoms with E-state index in [1.165, 1.54) is 0 Å².